The quantitative estimate of drug-likeness (QED) is 0.853. The molecule has 0 aromatic carbocycles. The molecule has 24 heavy (non-hydrogen) atoms. The molecule has 2 N–H and O–H groups in total. The third kappa shape index (κ3) is 4.34. The monoisotopic (exact) mass is 366 g/mol. The van der Waals surface area contributed by atoms with Crippen LogP contribution in [0.1, 0.15) is 18.9 Å². The van der Waals surface area contributed by atoms with Gasteiger partial charge in [-0.1, -0.05) is 25.2 Å². The van der Waals surface area contributed by atoms with Gasteiger partial charge in [-0.2, -0.15) is 13.2 Å². The lowest BCUT2D eigenvalue weighted by Crippen LogP contribution is -2.35. The molecule has 0 saturated carbocycles. The average Bonchev–Trinajstić information content (AvgIpc) is 3.04. The molecule has 1 aromatic rings. The molecule has 1 fully saturated rings. The van der Waals surface area contributed by atoms with Crippen molar-refractivity contribution in [3.8, 4) is 0 Å². The van der Waals surface area contributed by atoms with Crippen molar-refractivity contribution in [2.75, 3.05) is 18.4 Å². The Bertz CT molecular complexity index is 620. The van der Waals surface area contributed by atoms with Gasteiger partial charge in [-0.05, 0) is 5.92 Å². The van der Waals surface area contributed by atoms with Crippen molar-refractivity contribution in [3.05, 3.63) is 5.01 Å². The molecule has 7 nitrogen and oxygen atoms in total. The Morgan fingerprint density at radius 1 is 1.38 bits per heavy atom. The summed E-state index contributed by atoms with van der Waals surface area (Å²) >= 11 is 1.14. The van der Waals surface area contributed by atoms with Crippen LogP contribution in [0.5, 0.6) is 0 Å². The summed E-state index contributed by atoms with van der Waals surface area (Å²) in [6.45, 7) is 2.80. The van der Waals surface area contributed by atoms with Gasteiger partial charge in [-0.15, -0.1) is 10.2 Å². The maximum atomic E-state index is 12.9. The number of aromatic nitrogens is 2. The second kappa shape index (κ2) is 6.91. The Kier molecular flexibility index (Phi) is 5.31. The standard InChI is InChI=1S/C13H17F3N4O3S/c1-6(2)3-9-18-19-11(24-9)17-12(23)20-4-7(10(21)22)8(5-20)13(14,15)16/h6-8H,3-5H2,1-2H3,(H,21,22)(H,17,19,23)/t7-,8-/m1/s1. The number of carbonyl (C=O) groups excluding carboxylic acids is 1. The van der Waals surface area contributed by atoms with E-state index in [2.05, 4.69) is 15.5 Å². The van der Waals surface area contributed by atoms with Crippen molar-refractivity contribution in [1.82, 2.24) is 15.1 Å². The van der Waals surface area contributed by atoms with Crippen molar-refractivity contribution in [1.29, 1.82) is 0 Å². The average molecular weight is 366 g/mol. The lowest BCUT2D eigenvalue weighted by atomic mass is 9.96. The Labute approximate surface area is 139 Å². The fourth-order valence-electron chi connectivity index (χ4n) is 2.46. The SMILES string of the molecule is CC(C)Cc1nnc(NC(=O)N2C[C@@H](C(F)(F)F)[C@H](C(=O)O)C2)s1. The second-order valence-corrected chi connectivity index (χ2v) is 7.09. The molecule has 2 heterocycles. The topological polar surface area (TPSA) is 95.4 Å². The molecule has 0 unspecified atom stereocenters. The first-order valence-corrected chi connectivity index (χ1v) is 8.07. The highest BCUT2D eigenvalue weighted by molar-refractivity contribution is 7.15. The van der Waals surface area contributed by atoms with Gasteiger partial charge in [0.05, 0.1) is 11.8 Å². The minimum atomic E-state index is -4.68. The second-order valence-electron chi connectivity index (χ2n) is 6.03. The fraction of sp³-hybridized carbons (Fsp3) is 0.692. The molecule has 1 aliphatic rings. The number of hydrogen-bond acceptors (Lipinski definition) is 5. The molecule has 2 atom stereocenters. The Hall–Kier alpha value is -1.91. The van der Waals surface area contributed by atoms with Crippen LogP contribution in [0, 0.1) is 17.8 Å². The highest BCUT2D eigenvalue weighted by Gasteiger charge is 2.53. The number of carboxylic acids is 1. The summed E-state index contributed by atoms with van der Waals surface area (Å²) in [7, 11) is 0. The van der Waals surface area contributed by atoms with E-state index in [-0.39, 0.29) is 5.13 Å². The molecule has 0 radical (unpaired) electrons. The first-order valence-electron chi connectivity index (χ1n) is 7.25. The van der Waals surface area contributed by atoms with Gasteiger partial charge in [0.2, 0.25) is 5.13 Å². The molecule has 2 amide bonds. The lowest BCUT2D eigenvalue weighted by Gasteiger charge is -2.18. The third-order valence-electron chi connectivity index (χ3n) is 3.61. The predicted octanol–water partition coefficient (Wildman–Crippen LogP) is 2.46. The van der Waals surface area contributed by atoms with Crippen LogP contribution in [-0.2, 0) is 11.2 Å². The number of carbonyl (C=O) groups is 2. The van der Waals surface area contributed by atoms with Crippen LogP contribution < -0.4 is 5.32 Å². The van der Waals surface area contributed by atoms with E-state index in [4.69, 9.17) is 5.11 Å². The first-order chi connectivity index (χ1) is 11.1. The van der Waals surface area contributed by atoms with Crippen LogP contribution in [0.2, 0.25) is 0 Å². The minimum Gasteiger partial charge on any atom is -0.481 e. The zero-order valence-corrected chi connectivity index (χ0v) is 13.8. The third-order valence-corrected chi connectivity index (χ3v) is 4.47. The summed E-state index contributed by atoms with van der Waals surface area (Å²) in [5.41, 5.74) is 0. The summed E-state index contributed by atoms with van der Waals surface area (Å²) in [4.78, 5) is 23.9. The van der Waals surface area contributed by atoms with Gasteiger partial charge in [0.1, 0.15) is 5.01 Å². The van der Waals surface area contributed by atoms with Gasteiger partial charge in [0.15, 0.2) is 0 Å². The zero-order chi connectivity index (χ0) is 18.1. The van der Waals surface area contributed by atoms with E-state index in [1.807, 2.05) is 13.8 Å². The van der Waals surface area contributed by atoms with E-state index in [0.717, 1.165) is 16.2 Å². The molecule has 1 saturated heterocycles. The Morgan fingerprint density at radius 3 is 2.54 bits per heavy atom. The van der Waals surface area contributed by atoms with Crippen LogP contribution in [0.15, 0.2) is 0 Å². The maximum Gasteiger partial charge on any atom is 0.394 e. The summed E-state index contributed by atoms with van der Waals surface area (Å²) < 4.78 is 38.8. The normalized spacial score (nSPS) is 21.3. The van der Waals surface area contributed by atoms with Gasteiger partial charge in [-0.3, -0.25) is 10.1 Å². The van der Waals surface area contributed by atoms with E-state index >= 15 is 0 Å². The van der Waals surface area contributed by atoms with Crippen LogP contribution >= 0.6 is 11.3 Å². The van der Waals surface area contributed by atoms with E-state index in [9.17, 15) is 22.8 Å². The molecule has 134 valence electrons. The van der Waals surface area contributed by atoms with Crippen molar-refractivity contribution in [3.63, 3.8) is 0 Å². The molecule has 1 aliphatic heterocycles. The van der Waals surface area contributed by atoms with E-state index in [1.165, 1.54) is 0 Å². The van der Waals surface area contributed by atoms with E-state index < -0.39 is 43.1 Å². The number of halogens is 3. The van der Waals surface area contributed by atoms with Crippen LogP contribution in [0.4, 0.5) is 23.1 Å². The predicted molar refractivity (Wildman–Crippen MR) is 79.7 cm³/mol. The maximum absolute atomic E-state index is 12.9. The van der Waals surface area contributed by atoms with Gasteiger partial charge >= 0.3 is 18.2 Å². The smallest absolute Gasteiger partial charge is 0.394 e. The Morgan fingerprint density at radius 2 is 2.04 bits per heavy atom. The molecular weight excluding hydrogens is 349 g/mol. The fourth-order valence-corrected chi connectivity index (χ4v) is 3.40. The van der Waals surface area contributed by atoms with Crippen molar-refractivity contribution < 1.29 is 27.9 Å². The number of hydrogen-bond donors (Lipinski definition) is 2. The minimum absolute atomic E-state index is 0.179. The number of alkyl halides is 3. The van der Waals surface area contributed by atoms with Gasteiger partial charge in [0.25, 0.3) is 0 Å². The number of carboxylic acid groups (broad SMARTS) is 1. The number of aliphatic carboxylic acids is 1. The molecule has 1 aromatic heterocycles. The number of nitrogens with zero attached hydrogens (tertiary/aromatic N) is 3. The van der Waals surface area contributed by atoms with Gasteiger partial charge in [0, 0.05) is 19.5 Å². The molecule has 2 rings (SSSR count). The number of urea groups is 1. The van der Waals surface area contributed by atoms with Crippen molar-refractivity contribution in [2.45, 2.75) is 26.4 Å². The lowest BCUT2D eigenvalue weighted by molar-refractivity contribution is -0.187. The number of nitrogens with one attached hydrogen (secondary N) is 1. The summed E-state index contributed by atoms with van der Waals surface area (Å²) in [5, 5.41) is 19.9. The molecule has 11 heteroatoms. The van der Waals surface area contributed by atoms with E-state index in [1.54, 1.807) is 0 Å². The molecule has 0 aliphatic carbocycles. The summed E-state index contributed by atoms with van der Waals surface area (Å²) in [6, 6.07) is -0.805. The molecular formula is C13H17F3N4O3S. The van der Waals surface area contributed by atoms with E-state index in [0.29, 0.717) is 17.3 Å². The van der Waals surface area contributed by atoms with Crippen molar-refractivity contribution in [2.24, 2.45) is 17.8 Å². The highest BCUT2D eigenvalue weighted by atomic mass is 32.1. The summed E-state index contributed by atoms with van der Waals surface area (Å²) in [6.07, 6.45) is -4.00. The largest absolute Gasteiger partial charge is 0.481 e. The van der Waals surface area contributed by atoms with Crippen LogP contribution in [0.3, 0.4) is 0 Å². The zero-order valence-electron chi connectivity index (χ0n) is 13.0. The number of rotatable bonds is 4. The number of amides is 2. The van der Waals surface area contributed by atoms with Crippen molar-refractivity contribution >= 4 is 28.5 Å². The van der Waals surface area contributed by atoms with Gasteiger partial charge in [-0.25, -0.2) is 4.79 Å². The summed E-state index contributed by atoms with van der Waals surface area (Å²) in [5.74, 6) is -4.96. The molecule has 0 bridgehead atoms. The molecule has 0 spiro atoms. The van der Waals surface area contributed by atoms with Crippen LogP contribution in [0.25, 0.3) is 0 Å². The van der Waals surface area contributed by atoms with Gasteiger partial charge < -0.3 is 10.0 Å². The first kappa shape index (κ1) is 18.4. The van der Waals surface area contributed by atoms with Crippen LogP contribution in [-0.4, -0.2) is 51.5 Å². The number of likely N-dealkylation sites (tertiary alicyclic amines) is 1. The number of anilines is 1. The highest BCUT2D eigenvalue weighted by Crippen LogP contribution is 2.38. The Balaban J connectivity index is 2.02.